The van der Waals surface area contributed by atoms with Gasteiger partial charge in [0, 0.05) is 18.3 Å². The van der Waals surface area contributed by atoms with E-state index in [-0.39, 0.29) is 11.8 Å². The van der Waals surface area contributed by atoms with Gasteiger partial charge in [-0.1, -0.05) is 6.08 Å². The number of nitrogens with zero attached hydrogens (tertiary/aromatic N) is 2. The monoisotopic (exact) mass is 292 g/mol. The van der Waals surface area contributed by atoms with E-state index in [0.717, 1.165) is 32.2 Å². The molecule has 2 aliphatic carbocycles. The summed E-state index contributed by atoms with van der Waals surface area (Å²) in [6, 6.07) is 0.403. The number of carbonyl (C=O) groups is 2. The Morgan fingerprint density at radius 2 is 2.10 bits per heavy atom. The maximum atomic E-state index is 12.7. The summed E-state index contributed by atoms with van der Waals surface area (Å²) in [5.41, 5.74) is 1.21. The minimum absolute atomic E-state index is 0.164. The van der Waals surface area contributed by atoms with Crippen LogP contribution in [0, 0.1) is 5.92 Å². The molecule has 1 atom stereocenters. The number of carboxylic acids is 1. The lowest BCUT2D eigenvalue weighted by molar-refractivity contribution is -0.141. The standard InChI is InChI=1S/C16H24N2O3/c19-15(11-17-9-8-12(10-17)16(20)21)18(14-6-7-14)13-4-2-1-3-5-13/h4,12,14H,1-3,5-11H2,(H,20,21). The molecule has 3 rings (SSSR count). The van der Waals surface area contributed by atoms with Crippen LogP contribution in [0.1, 0.15) is 44.9 Å². The van der Waals surface area contributed by atoms with E-state index in [1.54, 1.807) is 0 Å². The van der Waals surface area contributed by atoms with Crippen LogP contribution in [-0.4, -0.2) is 52.5 Å². The number of amides is 1. The Hall–Kier alpha value is -1.36. The highest BCUT2D eigenvalue weighted by Gasteiger charge is 2.37. The Labute approximate surface area is 125 Å². The van der Waals surface area contributed by atoms with Gasteiger partial charge in [-0.2, -0.15) is 0 Å². The molecule has 21 heavy (non-hydrogen) atoms. The average Bonchev–Trinajstić information content (AvgIpc) is 3.18. The molecule has 0 aromatic rings. The lowest BCUT2D eigenvalue weighted by Gasteiger charge is -2.29. The second-order valence-electron chi connectivity index (χ2n) is 6.50. The van der Waals surface area contributed by atoms with E-state index >= 15 is 0 Å². The van der Waals surface area contributed by atoms with Crippen LogP contribution in [0.5, 0.6) is 0 Å². The van der Waals surface area contributed by atoms with Gasteiger partial charge < -0.3 is 10.0 Å². The van der Waals surface area contributed by atoms with E-state index in [1.807, 2.05) is 9.80 Å². The lowest BCUT2D eigenvalue weighted by Crippen LogP contribution is -2.41. The van der Waals surface area contributed by atoms with Gasteiger partial charge in [-0.25, -0.2) is 0 Å². The predicted molar refractivity (Wildman–Crippen MR) is 78.6 cm³/mol. The molecule has 0 bridgehead atoms. The molecule has 1 saturated carbocycles. The molecule has 1 heterocycles. The third-order valence-corrected chi connectivity index (χ3v) is 4.74. The number of carboxylic acid groups (broad SMARTS) is 1. The lowest BCUT2D eigenvalue weighted by atomic mass is 10.0. The van der Waals surface area contributed by atoms with E-state index in [4.69, 9.17) is 5.11 Å². The van der Waals surface area contributed by atoms with Crippen molar-refractivity contribution in [1.82, 2.24) is 9.80 Å². The Bertz CT molecular complexity index is 456. The van der Waals surface area contributed by atoms with Gasteiger partial charge in [0.25, 0.3) is 0 Å². The van der Waals surface area contributed by atoms with Gasteiger partial charge in [-0.05, 0) is 51.5 Å². The van der Waals surface area contributed by atoms with Crippen molar-refractivity contribution < 1.29 is 14.7 Å². The number of rotatable bonds is 5. The number of carbonyl (C=O) groups excluding carboxylic acids is 1. The van der Waals surface area contributed by atoms with Crippen molar-refractivity contribution in [1.29, 1.82) is 0 Å². The first-order valence-electron chi connectivity index (χ1n) is 8.11. The summed E-state index contributed by atoms with van der Waals surface area (Å²) in [5, 5.41) is 9.05. The molecule has 0 aromatic heterocycles. The largest absolute Gasteiger partial charge is 0.481 e. The van der Waals surface area contributed by atoms with Gasteiger partial charge in [-0.3, -0.25) is 14.5 Å². The maximum Gasteiger partial charge on any atom is 0.307 e. The summed E-state index contributed by atoms with van der Waals surface area (Å²) >= 11 is 0. The van der Waals surface area contributed by atoms with Gasteiger partial charge in [-0.15, -0.1) is 0 Å². The zero-order valence-corrected chi connectivity index (χ0v) is 12.5. The van der Waals surface area contributed by atoms with E-state index in [0.29, 0.717) is 25.6 Å². The van der Waals surface area contributed by atoms with Gasteiger partial charge in [0.1, 0.15) is 0 Å². The summed E-state index contributed by atoms with van der Waals surface area (Å²) in [6.07, 6.45) is 9.60. The zero-order chi connectivity index (χ0) is 14.8. The molecule has 1 aliphatic heterocycles. The van der Waals surface area contributed by atoms with Crippen LogP contribution in [0.15, 0.2) is 11.8 Å². The van der Waals surface area contributed by atoms with Crippen LogP contribution < -0.4 is 0 Å². The van der Waals surface area contributed by atoms with Crippen LogP contribution in [0.2, 0.25) is 0 Å². The second kappa shape index (κ2) is 6.18. The fourth-order valence-corrected chi connectivity index (χ4v) is 3.42. The van der Waals surface area contributed by atoms with E-state index in [1.165, 1.54) is 18.5 Å². The Kier molecular flexibility index (Phi) is 4.29. The fraction of sp³-hybridized carbons (Fsp3) is 0.750. The summed E-state index contributed by atoms with van der Waals surface area (Å²) in [4.78, 5) is 27.7. The Morgan fingerprint density at radius 1 is 1.29 bits per heavy atom. The first-order chi connectivity index (χ1) is 10.1. The fourth-order valence-electron chi connectivity index (χ4n) is 3.42. The molecule has 1 saturated heterocycles. The van der Waals surface area contributed by atoms with Crippen molar-refractivity contribution in [3.63, 3.8) is 0 Å². The summed E-state index contributed by atoms with van der Waals surface area (Å²) < 4.78 is 0. The van der Waals surface area contributed by atoms with Crippen molar-refractivity contribution in [2.24, 2.45) is 5.92 Å². The van der Waals surface area contributed by atoms with Crippen LogP contribution >= 0.6 is 0 Å². The van der Waals surface area contributed by atoms with E-state index < -0.39 is 5.97 Å². The molecule has 116 valence electrons. The van der Waals surface area contributed by atoms with Crippen LogP contribution in [-0.2, 0) is 9.59 Å². The quantitative estimate of drug-likeness (QED) is 0.840. The van der Waals surface area contributed by atoms with E-state index in [2.05, 4.69) is 6.08 Å². The summed E-state index contributed by atoms with van der Waals surface area (Å²) in [7, 11) is 0. The van der Waals surface area contributed by atoms with Gasteiger partial charge in [0.2, 0.25) is 5.91 Å². The van der Waals surface area contributed by atoms with Gasteiger partial charge in [0.15, 0.2) is 0 Å². The average molecular weight is 292 g/mol. The van der Waals surface area contributed by atoms with Crippen LogP contribution in [0.3, 0.4) is 0 Å². The van der Waals surface area contributed by atoms with Gasteiger partial charge >= 0.3 is 5.97 Å². The number of allylic oxidation sites excluding steroid dienone is 2. The second-order valence-corrected chi connectivity index (χ2v) is 6.50. The van der Waals surface area contributed by atoms with Crippen molar-refractivity contribution in [2.45, 2.75) is 51.0 Å². The smallest absolute Gasteiger partial charge is 0.307 e. The predicted octanol–water partition coefficient (Wildman–Crippen LogP) is 1.84. The summed E-state index contributed by atoms with van der Waals surface area (Å²) in [5.74, 6) is -0.878. The highest BCUT2D eigenvalue weighted by atomic mass is 16.4. The number of hydrogen-bond acceptors (Lipinski definition) is 3. The molecule has 5 heteroatoms. The molecule has 1 N–H and O–H groups in total. The van der Waals surface area contributed by atoms with Crippen LogP contribution in [0.25, 0.3) is 0 Å². The molecule has 3 aliphatic rings. The third-order valence-electron chi connectivity index (χ3n) is 4.74. The molecular formula is C16H24N2O3. The molecule has 0 radical (unpaired) electrons. The van der Waals surface area contributed by atoms with Crippen molar-refractivity contribution >= 4 is 11.9 Å². The molecular weight excluding hydrogens is 268 g/mol. The molecule has 2 fully saturated rings. The molecule has 1 amide bonds. The van der Waals surface area contributed by atoms with Crippen molar-refractivity contribution in [2.75, 3.05) is 19.6 Å². The highest BCUT2D eigenvalue weighted by Crippen LogP contribution is 2.34. The number of likely N-dealkylation sites (tertiary alicyclic amines) is 1. The number of aliphatic carboxylic acids is 1. The van der Waals surface area contributed by atoms with E-state index in [9.17, 15) is 9.59 Å². The Balaban J connectivity index is 1.60. The SMILES string of the molecule is O=C(O)C1CCN(CC(=O)N(C2=CCCCC2)C2CC2)C1. The molecule has 5 nitrogen and oxygen atoms in total. The third kappa shape index (κ3) is 3.46. The maximum absolute atomic E-state index is 12.7. The minimum atomic E-state index is -0.737. The Morgan fingerprint density at radius 3 is 2.67 bits per heavy atom. The zero-order valence-electron chi connectivity index (χ0n) is 12.5. The molecule has 0 aromatic carbocycles. The minimum Gasteiger partial charge on any atom is -0.481 e. The van der Waals surface area contributed by atoms with Crippen LogP contribution in [0.4, 0.5) is 0 Å². The van der Waals surface area contributed by atoms with Crippen molar-refractivity contribution in [3.05, 3.63) is 11.8 Å². The summed E-state index contributed by atoms with van der Waals surface area (Å²) in [6.45, 7) is 1.61. The first-order valence-corrected chi connectivity index (χ1v) is 8.11. The topological polar surface area (TPSA) is 60.9 Å². The normalized spacial score (nSPS) is 26.5. The molecule has 0 spiro atoms. The number of hydrogen-bond donors (Lipinski definition) is 1. The van der Waals surface area contributed by atoms with Gasteiger partial charge in [0.05, 0.1) is 12.5 Å². The highest BCUT2D eigenvalue weighted by molar-refractivity contribution is 5.81. The molecule has 1 unspecified atom stereocenters. The first kappa shape index (κ1) is 14.6. The van der Waals surface area contributed by atoms with Crippen molar-refractivity contribution in [3.8, 4) is 0 Å².